The minimum absolute atomic E-state index is 0.155. The number of carboxylic acids is 1. The normalized spacial score (nSPS) is 10.6. The largest absolute Gasteiger partial charge is 0.481 e. The van der Waals surface area contributed by atoms with E-state index in [0.29, 0.717) is 16.5 Å². The van der Waals surface area contributed by atoms with Gasteiger partial charge in [0.2, 0.25) is 0 Å². The predicted molar refractivity (Wildman–Crippen MR) is 49.6 cm³/mol. The van der Waals surface area contributed by atoms with Gasteiger partial charge in [-0.25, -0.2) is 4.39 Å². The van der Waals surface area contributed by atoms with Gasteiger partial charge in [-0.15, -0.1) is 0 Å². The third-order valence-electron chi connectivity index (χ3n) is 2.03. The van der Waals surface area contributed by atoms with Gasteiger partial charge < -0.3 is 10.1 Å². The molecular formula is C10H8FNO2. The van der Waals surface area contributed by atoms with E-state index in [1.165, 1.54) is 6.07 Å². The highest BCUT2D eigenvalue weighted by atomic mass is 19.1. The molecule has 4 heteroatoms. The molecule has 0 aliphatic heterocycles. The number of carboxylic acid groups (broad SMARTS) is 1. The molecule has 0 fully saturated rings. The van der Waals surface area contributed by atoms with E-state index in [0.717, 1.165) is 0 Å². The Hall–Kier alpha value is -1.84. The van der Waals surface area contributed by atoms with Gasteiger partial charge in [0.1, 0.15) is 5.82 Å². The van der Waals surface area contributed by atoms with E-state index in [1.54, 1.807) is 18.3 Å². The molecule has 0 saturated heterocycles. The van der Waals surface area contributed by atoms with Crippen LogP contribution in [0.1, 0.15) is 5.56 Å². The lowest BCUT2D eigenvalue weighted by Gasteiger charge is -1.98. The van der Waals surface area contributed by atoms with Crippen LogP contribution in [0.25, 0.3) is 10.9 Å². The van der Waals surface area contributed by atoms with Crippen LogP contribution in [0.3, 0.4) is 0 Å². The summed E-state index contributed by atoms with van der Waals surface area (Å²) in [7, 11) is 0. The summed E-state index contributed by atoms with van der Waals surface area (Å²) in [5.41, 5.74) is 0.890. The first kappa shape index (κ1) is 8.74. The number of aromatic amines is 1. The highest BCUT2D eigenvalue weighted by molar-refractivity contribution is 5.82. The molecule has 1 aromatic heterocycles. The second-order valence-electron chi connectivity index (χ2n) is 3.09. The van der Waals surface area contributed by atoms with Crippen molar-refractivity contribution in [1.82, 2.24) is 4.98 Å². The molecule has 0 aliphatic rings. The quantitative estimate of drug-likeness (QED) is 0.765. The van der Waals surface area contributed by atoms with Crippen molar-refractivity contribution in [2.24, 2.45) is 0 Å². The molecule has 0 unspecified atom stereocenters. The minimum Gasteiger partial charge on any atom is -0.481 e. The predicted octanol–water partition coefficient (Wildman–Crippen LogP) is 1.93. The van der Waals surface area contributed by atoms with Gasteiger partial charge in [0.05, 0.1) is 11.9 Å². The zero-order valence-corrected chi connectivity index (χ0v) is 7.25. The Kier molecular flexibility index (Phi) is 1.96. The van der Waals surface area contributed by atoms with E-state index in [9.17, 15) is 9.18 Å². The Morgan fingerprint density at radius 3 is 3.00 bits per heavy atom. The average molecular weight is 193 g/mol. The highest BCUT2D eigenvalue weighted by Gasteiger charge is 2.06. The van der Waals surface area contributed by atoms with Crippen LogP contribution in [-0.4, -0.2) is 16.1 Å². The lowest BCUT2D eigenvalue weighted by molar-refractivity contribution is -0.136. The van der Waals surface area contributed by atoms with Crippen molar-refractivity contribution < 1.29 is 14.3 Å². The molecule has 0 radical (unpaired) electrons. The third kappa shape index (κ3) is 1.46. The van der Waals surface area contributed by atoms with Crippen LogP contribution in [-0.2, 0) is 11.2 Å². The van der Waals surface area contributed by atoms with Gasteiger partial charge in [0.25, 0.3) is 0 Å². The van der Waals surface area contributed by atoms with Crippen LogP contribution in [0.4, 0.5) is 4.39 Å². The highest BCUT2D eigenvalue weighted by Crippen LogP contribution is 2.18. The fourth-order valence-corrected chi connectivity index (χ4v) is 1.46. The summed E-state index contributed by atoms with van der Waals surface area (Å²) in [4.78, 5) is 13.2. The Morgan fingerprint density at radius 2 is 2.29 bits per heavy atom. The molecule has 0 amide bonds. The summed E-state index contributed by atoms with van der Waals surface area (Å²) in [6.07, 6.45) is 1.47. The monoisotopic (exact) mass is 193 g/mol. The number of fused-ring (bicyclic) bond motifs is 1. The lowest BCUT2D eigenvalue weighted by Crippen LogP contribution is -2.00. The van der Waals surface area contributed by atoms with Crippen molar-refractivity contribution in [3.63, 3.8) is 0 Å². The number of rotatable bonds is 2. The standard InChI is InChI=1S/C10H8FNO2/c11-8-4-6(5-9(13)14)3-7-1-2-12-10(7)8/h1-4,12H,5H2,(H,13,14). The number of aliphatic carboxylic acids is 1. The van der Waals surface area contributed by atoms with Crippen LogP contribution in [0, 0.1) is 5.82 Å². The molecule has 0 atom stereocenters. The number of hydrogen-bond acceptors (Lipinski definition) is 1. The van der Waals surface area contributed by atoms with E-state index in [1.807, 2.05) is 0 Å². The van der Waals surface area contributed by atoms with Gasteiger partial charge in [0, 0.05) is 11.6 Å². The molecular weight excluding hydrogens is 185 g/mol. The van der Waals surface area contributed by atoms with E-state index in [4.69, 9.17) is 5.11 Å². The van der Waals surface area contributed by atoms with Crippen LogP contribution in [0.2, 0.25) is 0 Å². The van der Waals surface area contributed by atoms with Crippen LogP contribution < -0.4 is 0 Å². The van der Waals surface area contributed by atoms with E-state index in [2.05, 4.69) is 4.98 Å². The van der Waals surface area contributed by atoms with E-state index in [-0.39, 0.29) is 6.42 Å². The number of aromatic nitrogens is 1. The van der Waals surface area contributed by atoms with Gasteiger partial charge in [-0.05, 0) is 23.8 Å². The van der Waals surface area contributed by atoms with Gasteiger partial charge in [0.15, 0.2) is 0 Å². The van der Waals surface area contributed by atoms with Gasteiger partial charge >= 0.3 is 5.97 Å². The summed E-state index contributed by atoms with van der Waals surface area (Å²) in [5.74, 6) is -1.37. The second kappa shape index (κ2) is 3.14. The van der Waals surface area contributed by atoms with Crippen molar-refractivity contribution >= 4 is 16.9 Å². The molecule has 1 heterocycles. The Bertz CT molecular complexity index is 490. The number of H-pyrrole nitrogens is 1. The molecule has 72 valence electrons. The molecule has 2 aromatic rings. The number of nitrogens with one attached hydrogen (secondary N) is 1. The molecule has 14 heavy (non-hydrogen) atoms. The van der Waals surface area contributed by atoms with Crippen molar-refractivity contribution in [2.75, 3.05) is 0 Å². The molecule has 0 aliphatic carbocycles. The van der Waals surface area contributed by atoms with E-state index < -0.39 is 11.8 Å². The Morgan fingerprint density at radius 1 is 1.50 bits per heavy atom. The summed E-state index contributed by atoms with van der Waals surface area (Å²) in [6.45, 7) is 0. The molecule has 1 aromatic carbocycles. The fourth-order valence-electron chi connectivity index (χ4n) is 1.46. The van der Waals surface area contributed by atoms with E-state index >= 15 is 0 Å². The lowest BCUT2D eigenvalue weighted by atomic mass is 10.1. The SMILES string of the molecule is O=C(O)Cc1cc(F)c2[nH]ccc2c1. The molecule has 3 nitrogen and oxygen atoms in total. The molecule has 0 bridgehead atoms. The van der Waals surface area contributed by atoms with Crippen LogP contribution >= 0.6 is 0 Å². The number of benzene rings is 1. The topological polar surface area (TPSA) is 53.1 Å². The van der Waals surface area contributed by atoms with Crippen molar-refractivity contribution in [3.8, 4) is 0 Å². The smallest absolute Gasteiger partial charge is 0.307 e. The van der Waals surface area contributed by atoms with Gasteiger partial charge in [-0.2, -0.15) is 0 Å². The first-order valence-corrected chi connectivity index (χ1v) is 4.14. The van der Waals surface area contributed by atoms with Gasteiger partial charge in [-0.1, -0.05) is 0 Å². The van der Waals surface area contributed by atoms with Crippen LogP contribution in [0.15, 0.2) is 24.4 Å². The summed E-state index contributed by atoms with van der Waals surface area (Å²) in [6, 6.07) is 4.62. The Labute approximate surface area is 79.2 Å². The van der Waals surface area contributed by atoms with Crippen molar-refractivity contribution in [2.45, 2.75) is 6.42 Å². The zero-order valence-electron chi connectivity index (χ0n) is 7.25. The number of carbonyl (C=O) groups is 1. The van der Waals surface area contributed by atoms with Crippen molar-refractivity contribution in [1.29, 1.82) is 0 Å². The third-order valence-corrected chi connectivity index (χ3v) is 2.03. The number of halogens is 1. The molecule has 2 N–H and O–H groups in total. The molecule has 0 spiro atoms. The molecule has 0 saturated carbocycles. The first-order chi connectivity index (χ1) is 6.66. The Balaban J connectivity index is 2.53. The average Bonchev–Trinajstić information content (AvgIpc) is 2.50. The fraction of sp³-hybridized carbons (Fsp3) is 0.100. The number of hydrogen-bond donors (Lipinski definition) is 2. The van der Waals surface area contributed by atoms with Gasteiger partial charge in [-0.3, -0.25) is 4.79 Å². The summed E-state index contributed by atoms with van der Waals surface area (Å²) < 4.78 is 13.3. The maximum Gasteiger partial charge on any atom is 0.307 e. The summed E-state index contributed by atoms with van der Waals surface area (Å²) in [5, 5.41) is 9.25. The minimum atomic E-state index is -0.959. The van der Waals surface area contributed by atoms with Crippen molar-refractivity contribution in [3.05, 3.63) is 35.8 Å². The molecule has 2 rings (SSSR count). The maximum absolute atomic E-state index is 13.3. The summed E-state index contributed by atoms with van der Waals surface area (Å²) >= 11 is 0. The maximum atomic E-state index is 13.3. The zero-order chi connectivity index (χ0) is 10.1. The van der Waals surface area contributed by atoms with Crippen LogP contribution in [0.5, 0.6) is 0 Å². The first-order valence-electron chi connectivity index (χ1n) is 4.14. The second-order valence-corrected chi connectivity index (χ2v) is 3.09.